The average molecular weight is 840 g/mol. The van der Waals surface area contributed by atoms with Crippen LogP contribution in [0.3, 0.4) is 0 Å². The number of aliphatic carboxylic acids is 1. The van der Waals surface area contributed by atoms with Crippen LogP contribution in [0, 0.1) is 23.7 Å². The monoisotopic (exact) mass is 840 g/mol. The van der Waals surface area contributed by atoms with E-state index in [-0.39, 0.29) is 24.8 Å². The van der Waals surface area contributed by atoms with Crippen molar-refractivity contribution in [1.29, 1.82) is 0 Å². The quantitative estimate of drug-likeness (QED) is 0.0548. The number of likely N-dealkylation sites (tertiary alicyclic amines) is 1. The number of aliphatic hydroxyl groups excluding tert-OH is 1. The van der Waals surface area contributed by atoms with E-state index >= 15 is 0 Å². The number of amides is 8. The van der Waals surface area contributed by atoms with Gasteiger partial charge in [0, 0.05) is 6.54 Å². The zero-order valence-corrected chi connectivity index (χ0v) is 36.3. The minimum absolute atomic E-state index is 0.152. The Hall–Kier alpha value is -4.85. The Kier molecular flexibility index (Phi) is 21.5. The van der Waals surface area contributed by atoms with Crippen molar-refractivity contribution in [3.63, 3.8) is 0 Å². The van der Waals surface area contributed by atoms with Gasteiger partial charge in [-0.2, -0.15) is 0 Å². The maximum absolute atomic E-state index is 13.9. The number of carboxylic acid groups (broad SMARTS) is 1. The first-order valence-corrected chi connectivity index (χ1v) is 20.4. The number of rotatable bonds is 23. The fourth-order valence-corrected chi connectivity index (χ4v) is 6.28. The van der Waals surface area contributed by atoms with Crippen molar-refractivity contribution in [2.45, 2.75) is 156 Å². The molecule has 0 saturated carbocycles. The number of nitrogens with zero attached hydrogens (tertiary/aromatic N) is 1. The second kappa shape index (κ2) is 24.3. The van der Waals surface area contributed by atoms with Gasteiger partial charge in [0.05, 0.1) is 18.7 Å². The number of carbonyl (C=O) groups excluding carboxylic acids is 8. The van der Waals surface area contributed by atoms with Crippen molar-refractivity contribution in [3.8, 4) is 0 Å². The third-order valence-electron chi connectivity index (χ3n) is 10.2. The van der Waals surface area contributed by atoms with Gasteiger partial charge in [-0.1, -0.05) is 61.8 Å². The molecule has 11 N–H and O–H groups in total. The van der Waals surface area contributed by atoms with Crippen molar-refractivity contribution in [2.75, 3.05) is 13.1 Å². The van der Waals surface area contributed by atoms with E-state index in [1.165, 1.54) is 25.7 Å². The lowest BCUT2D eigenvalue weighted by atomic mass is 9.96. The molecule has 20 nitrogen and oxygen atoms in total. The summed E-state index contributed by atoms with van der Waals surface area (Å²) < 4.78 is 0. The van der Waals surface area contributed by atoms with Crippen LogP contribution in [0.25, 0.3) is 0 Å². The second-order valence-corrected chi connectivity index (χ2v) is 16.6. The number of carbonyl (C=O) groups is 9. The Labute approximate surface area is 347 Å². The van der Waals surface area contributed by atoms with E-state index in [0.29, 0.717) is 19.3 Å². The summed E-state index contributed by atoms with van der Waals surface area (Å²) in [5, 5.41) is 37.0. The minimum Gasteiger partial charge on any atom is -0.480 e. The molecule has 0 bridgehead atoms. The zero-order chi connectivity index (χ0) is 45.5. The summed E-state index contributed by atoms with van der Waals surface area (Å²) in [6.07, 6.45) is 0.152. The molecule has 336 valence electrons. The standard InChI is InChI=1S/C39H69N9O11/c1-12-21(8)30(46-33(52)25(40)16-18(2)3)37(56)42-22(9)32(51)45-29(20(6)7)38(57)48-15-13-14-26(48)34(53)47-31(24(11)49)35(54)41-17-27(50)44-28(19(4)5)36(55)43-23(10)39(58)59/h18-26,28-31,49H,12-17,40H2,1-11H3,(H,41,54)(H,42,56)(H,43,55)(H,44,50)(H,45,51)(H,46,52)(H,47,53)(H,58,59)/t21-,22-,23-,24+,25-,26-,28-,29-,30-,31-/m0/s1. The molecular formula is C39H69N9O11. The van der Waals surface area contributed by atoms with E-state index in [4.69, 9.17) is 10.8 Å². The molecule has 1 fully saturated rings. The summed E-state index contributed by atoms with van der Waals surface area (Å²) in [7, 11) is 0. The number of carboxylic acids is 1. The van der Waals surface area contributed by atoms with Crippen molar-refractivity contribution >= 4 is 53.2 Å². The molecule has 0 aromatic heterocycles. The Morgan fingerprint density at radius 2 is 1.20 bits per heavy atom. The largest absolute Gasteiger partial charge is 0.480 e. The van der Waals surface area contributed by atoms with Gasteiger partial charge in [0.2, 0.25) is 47.3 Å². The molecule has 1 rings (SSSR count). The normalized spacial score (nSPS) is 18.6. The van der Waals surface area contributed by atoms with E-state index in [0.717, 1.165) is 0 Å². The molecule has 0 unspecified atom stereocenters. The molecule has 1 saturated heterocycles. The van der Waals surface area contributed by atoms with Crippen LogP contribution in [0.4, 0.5) is 0 Å². The van der Waals surface area contributed by atoms with Gasteiger partial charge in [0.25, 0.3) is 0 Å². The van der Waals surface area contributed by atoms with E-state index in [2.05, 4.69) is 37.2 Å². The topological polar surface area (TPSA) is 308 Å². The van der Waals surface area contributed by atoms with E-state index in [1.54, 1.807) is 34.6 Å². The molecule has 1 aliphatic rings. The Morgan fingerprint density at radius 1 is 0.661 bits per heavy atom. The fourth-order valence-electron chi connectivity index (χ4n) is 6.28. The maximum atomic E-state index is 13.9. The van der Waals surface area contributed by atoms with Crippen molar-refractivity contribution in [2.24, 2.45) is 29.4 Å². The van der Waals surface area contributed by atoms with Crippen LogP contribution in [0.2, 0.25) is 0 Å². The van der Waals surface area contributed by atoms with Crippen LogP contribution < -0.4 is 43.0 Å². The minimum atomic E-state index is -1.55. The predicted molar refractivity (Wildman–Crippen MR) is 217 cm³/mol. The zero-order valence-electron chi connectivity index (χ0n) is 36.3. The summed E-state index contributed by atoms with van der Waals surface area (Å²) in [5.74, 6) is -7.87. The van der Waals surface area contributed by atoms with Gasteiger partial charge >= 0.3 is 5.97 Å². The highest BCUT2D eigenvalue weighted by molar-refractivity contribution is 5.98. The Balaban J connectivity index is 3.00. The predicted octanol–water partition coefficient (Wildman–Crippen LogP) is -1.76. The van der Waals surface area contributed by atoms with Gasteiger partial charge in [-0.15, -0.1) is 0 Å². The van der Waals surface area contributed by atoms with Gasteiger partial charge in [-0.3, -0.25) is 43.2 Å². The molecule has 8 amide bonds. The molecule has 10 atom stereocenters. The van der Waals surface area contributed by atoms with Crippen LogP contribution in [0.15, 0.2) is 0 Å². The van der Waals surface area contributed by atoms with E-state index in [9.17, 15) is 48.3 Å². The first kappa shape index (κ1) is 52.2. The van der Waals surface area contributed by atoms with Gasteiger partial charge < -0.3 is 58.1 Å². The van der Waals surface area contributed by atoms with E-state index in [1.807, 2.05) is 20.8 Å². The van der Waals surface area contributed by atoms with Crippen LogP contribution in [0.1, 0.15) is 102 Å². The molecule has 0 aromatic rings. The van der Waals surface area contributed by atoms with Crippen molar-refractivity contribution in [1.82, 2.24) is 42.1 Å². The lowest BCUT2D eigenvalue weighted by molar-refractivity contribution is -0.144. The average Bonchev–Trinajstić information content (AvgIpc) is 3.64. The summed E-state index contributed by atoms with van der Waals surface area (Å²) in [4.78, 5) is 118. The van der Waals surface area contributed by atoms with Crippen LogP contribution in [-0.4, -0.2) is 136 Å². The number of hydrogen-bond donors (Lipinski definition) is 10. The highest BCUT2D eigenvalue weighted by Crippen LogP contribution is 2.21. The molecule has 1 aliphatic heterocycles. The molecule has 0 aromatic carbocycles. The van der Waals surface area contributed by atoms with Gasteiger partial charge in [-0.05, 0) is 63.7 Å². The molecule has 20 heteroatoms. The van der Waals surface area contributed by atoms with Crippen LogP contribution in [-0.2, 0) is 43.2 Å². The van der Waals surface area contributed by atoms with E-state index < -0.39 is 126 Å². The van der Waals surface area contributed by atoms with Crippen molar-refractivity contribution in [3.05, 3.63) is 0 Å². The number of hydrogen-bond acceptors (Lipinski definition) is 11. The highest BCUT2D eigenvalue weighted by Gasteiger charge is 2.41. The maximum Gasteiger partial charge on any atom is 0.325 e. The summed E-state index contributed by atoms with van der Waals surface area (Å²) in [6, 6.07) is -8.98. The SMILES string of the molecule is CC[C@H](C)[C@H](NC(=O)[C@@H](N)CC(C)C)C(=O)N[C@@H](C)C(=O)N[C@H](C(=O)N1CCC[C@H]1C(=O)N[C@H](C(=O)NCC(=O)N[C@H](C(=O)N[C@@H](C)C(=O)O)C(C)C)[C@@H](C)O)C(C)C. The van der Waals surface area contributed by atoms with Crippen LogP contribution in [0.5, 0.6) is 0 Å². The van der Waals surface area contributed by atoms with Gasteiger partial charge in [0.15, 0.2) is 0 Å². The molecule has 0 spiro atoms. The Bertz CT molecular complexity index is 1510. The lowest BCUT2D eigenvalue weighted by Gasteiger charge is -2.32. The third-order valence-corrected chi connectivity index (χ3v) is 10.2. The van der Waals surface area contributed by atoms with Gasteiger partial charge in [-0.25, -0.2) is 0 Å². The lowest BCUT2D eigenvalue weighted by Crippen LogP contribution is -2.61. The number of nitrogens with one attached hydrogen (secondary N) is 7. The number of nitrogens with two attached hydrogens (primary N) is 1. The molecular weight excluding hydrogens is 770 g/mol. The molecule has 1 heterocycles. The molecule has 0 aliphatic carbocycles. The number of aliphatic hydroxyl groups is 1. The molecule has 0 radical (unpaired) electrons. The smallest absolute Gasteiger partial charge is 0.325 e. The Morgan fingerprint density at radius 3 is 1.71 bits per heavy atom. The second-order valence-electron chi connectivity index (χ2n) is 16.6. The fraction of sp³-hybridized carbons (Fsp3) is 0.769. The summed E-state index contributed by atoms with van der Waals surface area (Å²) in [6.45, 7) is 17.6. The third kappa shape index (κ3) is 16.4. The molecule has 59 heavy (non-hydrogen) atoms. The van der Waals surface area contributed by atoms with Crippen LogP contribution >= 0.6 is 0 Å². The van der Waals surface area contributed by atoms with Gasteiger partial charge in [0.1, 0.15) is 42.3 Å². The summed E-state index contributed by atoms with van der Waals surface area (Å²) in [5.41, 5.74) is 6.03. The first-order valence-electron chi connectivity index (χ1n) is 20.4. The van der Waals surface area contributed by atoms with Crippen molar-refractivity contribution < 1.29 is 53.4 Å². The summed E-state index contributed by atoms with van der Waals surface area (Å²) >= 11 is 0. The first-order chi connectivity index (χ1) is 27.3. The highest BCUT2D eigenvalue weighted by atomic mass is 16.4.